The molecule has 2 heteroatoms. The second-order valence-corrected chi connectivity index (χ2v) is 8.84. The molecule has 6 atom stereocenters. The third kappa shape index (κ3) is 4.73. The van der Waals surface area contributed by atoms with Crippen LogP contribution in [0.5, 0.6) is 0 Å². The average Bonchev–Trinajstić information content (AvgIpc) is 3.36. The summed E-state index contributed by atoms with van der Waals surface area (Å²) in [7, 11) is 1.49. The van der Waals surface area contributed by atoms with Crippen LogP contribution < -0.4 is 0 Å². The molecule has 22 heavy (non-hydrogen) atoms. The minimum absolute atomic E-state index is 0.0418. The summed E-state index contributed by atoms with van der Waals surface area (Å²) < 4.78 is 4.70. The first-order valence-corrected chi connectivity index (χ1v) is 9.63. The molecule has 0 aromatic carbocycles. The Bertz CT molecular complexity index is 389. The molecule has 0 amide bonds. The summed E-state index contributed by atoms with van der Waals surface area (Å²) in [5.74, 6) is 7.09. The number of hydrogen-bond acceptors (Lipinski definition) is 2. The van der Waals surface area contributed by atoms with Gasteiger partial charge >= 0.3 is 5.97 Å². The van der Waals surface area contributed by atoms with Gasteiger partial charge in [0, 0.05) is 6.42 Å². The summed E-state index contributed by atoms with van der Waals surface area (Å²) >= 11 is 0. The van der Waals surface area contributed by atoms with E-state index in [9.17, 15) is 4.79 Å². The van der Waals surface area contributed by atoms with Crippen molar-refractivity contribution in [2.75, 3.05) is 7.11 Å². The smallest absolute Gasteiger partial charge is 0.305 e. The van der Waals surface area contributed by atoms with Gasteiger partial charge in [0.25, 0.3) is 0 Å². The zero-order chi connectivity index (χ0) is 15.7. The van der Waals surface area contributed by atoms with E-state index in [0.717, 1.165) is 47.8 Å². The molecular formula is C20H34O2. The number of esters is 1. The summed E-state index contributed by atoms with van der Waals surface area (Å²) in [5, 5.41) is 0. The van der Waals surface area contributed by atoms with Gasteiger partial charge in [0.05, 0.1) is 7.11 Å². The monoisotopic (exact) mass is 306 g/mol. The number of ether oxygens (including phenoxy) is 1. The van der Waals surface area contributed by atoms with Crippen LogP contribution in [0.25, 0.3) is 0 Å². The second kappa shape index (κ2) is 6.93. The lowest BCUT2D eigenvalue weighted by Gasteiger charge is -2.04. The quantitative estimate of drug-likeness (QED) is 0.527. The maximum atomic E-state index is 11.1. The first kappa shape index (κ1) is 16.3. The number of rotatable bonds is 10. The molecule has 0 aromatic heterocycles. The van der Waals surface area contributed by atoms with Gasteiger partial charge in [0.1, 0.15) is 0 Å². The molecule has 0 N–H and O–H groups in total. The minimum Gasteiger partial charge on any atom is -0.469 e. The molecule has 0 spiro atoms. The molecule has 0 saturated heterocycles. The highest BCUT2D eigenvalue weighted by atomic mass is 16.5. The van der Waals surface area contributed by atoms with E-state index in [1.807, 2.05) is 0 Å². The molecule has 3 aliphatic rings. The van der Waals surface area contributed by atoms with Gasteiger partial charge in [-0.25, -0.2) is 0 Å². The predicted octanol–water partition coefficient (Wildman–Crippen LogP) is 5.06. The first-order valence-electron chi connectivity index (χ1n) is 9.63. The number of hydrogen-bond donors (Lipinski definition) is 0. The molecule has 0 aromatic rings. The van der Waals surface area contributed by atoms with Crippen molar-refractivity contribution < 1.29 is 9.53 Å². The van der Waals surface area contributed by atoms with Crippen LogP contribution in [0.15, 0.2) is 0 Å². The molecule has 0 radical (unpaired) electrons. The first-order chi connectivity index (χ1) is 10.6. The van der Waals surface area contributed by atoms with Crippen molar-refractivity contribution in [1.82, 2.24) is 0 Å². The van der Waals surface area contributed by atoms with Gasteiger partial charge < -0.3 is 4.74 Å². The number of carbonyl (C=O) groups excluding carboxylic acids is 1. The lowest BCUT2D eigenvalue weighted by molar-refractivity contribution is -0.140. The maximum Gasteiger partial charge on any atom is 0.305 e. The zero-order valence-electron chi connectivity index (χ0n) is 14.7. The number of carbonyl (C=O) groups is 1. The van der Waals surface area contributed by atoms with E-state index < -0.39 is 0 Å². The minimum atomic E-state index is -0.0418. The van der Waals surface area contributed by atoms with Gasteiger partial charge in [-0.05, 0) is 92.8 Å². The fourth-order valence-electron chi connectivity index (χ4n) is 4.72. The average molecular weight is 306 g/mol. The Balaban J connectivity index is 1.22. The van der Waals surface area contributed by atoms with E-state index in [2.05, 4.69) is 13.8 Å². The van der Waals surface area contributed by atoms with Crippen molar-refractivity contribution in [2.24, 2.45) is 41.4 Å². The highest BCUT2D eigenvalue weighted by molar-refractivity contribution is 5.68. The Labute approximate surface area is 136 Å². The zero-order valence-corrected chi connectivity index (χ0v) is 14.7. The molecule has 0 heterocycles. The van der Waals surface area contributed by atoms with Gasteiger partial charge in [-0.1, -0.05) is 13.8 Å². The van der Waals surface area contributed by atoms with Crippen molar-refractivity contribution in [3.63, 3.8) is 0 Å². The summed E-state index contributed by atoms with van der Waals surface area (Å²) in [4.78, 5) is 11.1. The molecular weight excluding hydrogens is 272 g/mol. The topological polar surface area (TPSA) is 26.3 Å². The standard InChI is InChI=1S/C20H34O2/c1-13(2)7-15-9-17(15)11-19-12-18(19)10-16-8-14(16)5-4-6-20(21)22-3/h13-19H,4-12H2,1-3H3/t14?,15-,16?,17?,18?,19?/m1/s1. The highest BCUT2D eigenvalue weighted by Crippen LogP contribution is 2.58. The van der Waals surface area contributed by atoms with E-state index in [4.69, 9.17) is 4.74 Å². The maximum absolute atomic E-state index is 11.1. The summed E-state index contributed by atoms with van der Waals surface area (Å²) in [6.07, 6.45) is 11.9. The molecule has 126 valence electrons. The van der Waals surface area contributed by atoms with E-state index in [1.165, 1.54) is 45.6 Å². The third-order valence-electron chi connectivity index (χ3n) is 6.38. The van der Waals surface area contributed by atoms with E-state index >= 15 is 0 Å². The Morgan fingerprint density at radius 3 is 2.14 bits per heavy atom. The summed E-state index contributed by atoms with van der Waals surface area (Å²) in [6.45, 7) is 4.73. The van der Waals surface area contributed by atoms with Crippen molar-refractivity contribution in [1.29, 1.82) is 0 Å². The Morgan fingerprint density at radius 1 is 0.955 bits per heavy atom. The van der Waals surface area contributed by atoms with E-state index in [1.54, 1.807) is 6.42 Å². The van der Waals surface area contributed by atoms with Crippen LogP contribution in [-0.4, -0.2) is 13.1 Å². The van der Waals surface area contributed by atoms with E-state index in [-0.39, 0.29) is 5.97 Å². The SMILES string of the molecule is COC(=O)CCCC1CC1CC1CC1CC1C[C@H]1CC(C)C. The van der Waals surface area contributed by atoms with Crippen molar-refractivity contribution in [2.45, 2.75) is 71.6 Å². The van der Waals surface area contributed by atoms with Crippen LogP contribution in [0.4, 0.5) is 0 Å². The normalized spacial score (nSPS) is 38.9. The molecule has 0 aliphatic heterocycles. The third-order valence-corrected chi connectivity index (χ3v) is 6.38. The van der Waals surface area contributed by atoms with Gasteiger partial charge in [-0.2, -0.15) is 0 Å². The van der Waals surface area contributed by atoms with Crippen LogP contribution >= 0.6 is 0 Å². The summed E-state index contributed by atoms with van der Waals surface area (Å²) in [5.41, 5.74) is 0. The van der Waals surface area contributed by atoms with Gasteiger partial charge in [-0.3, -0.25) is 4.79 Å². The fourth-order valence-corrected chi connectivity index (χ4v) is 4.72. The van der Waals surface area contributed by atoms with Gasteiger partial charge in [0.2, 0.25) is 0 Å². The lowest BCUT2D eigenvalue weighted by Crippen LogP contribution is -1.99. The molecule has 0 bridgehead atoms. The molecule has 5 unspecified atom stereocenters. The second-order valence-electron chi connectivity index (χ2n) is 8.84. The van der Waals surface area contributed by atoms with Crippen LogP contribution in [0.1, 0.15) is 71.6 Å². The largest absolute Gasteiger partial charge is 0.469 e. The fraction of sp³-hybridized carbons (Fsp3) is 0.950. The van der Waals surface area contributed by atoms with Crippen LogP contribution in [0.2, 0.25) is 0 Å². The van der Waals surface area contributed by atoms with Gasteiger partial charge in [-0.15, -0.1) is 0 Å². The molecule has 3 aliphatic carbocycles. The Kier molecular flexibility index (Phi) is 5.14. The van der Waals surface area contributed by atoms with Crippen LogP contribution in [-0.2, 0) is 9.53 Å². The molecule has 3 rings (SSSR count). The molecule has 2 nitrogen and oxygen atoms in total. The molecule has 3 fully saturated rings. The number of methoxy groups -OCH3 is 1. The van der Waals surface area contributed by atoms with Crippen molar-refractivity contribution >= 4 is 5.97 Å². The Morgan fingerprint density at radius 2 is 1.50 bits per heavy atom. The van der Waals surface area contributed by atoms with Crippen molar-refractivity contribution in [3.05, 3.63) is 0 Å². The van der Waals surface area contributed by atoms with E-state index in [0.29, 0.717) is 6.42 Å². The Hall–Kier alpha value is -0.530. The molecule has 3 saturated carbocycles. The van der Waals surface area contributed by atoms with Crippen LogP contribution in [0, 0.1) is 41.4 Å². The summed E-state index contributed by atoms with van der Waals surface area (Å²) in [6, 6.07) is 0. The van der Waals surface area contributed by atoms with Crippen molar-refractivity contribution in [3.8, 4) is 0 Å². The highest BCUT2D eigenvalue weighted by Gasteiger charge is 2.48. The predicted molar refractivity (Wildman–Crippen MR) is 89.3 cm³/mol. The van der Waals surface area contributed by atoms with Crippen LogP contribution in [0.3, 0.4) is 0 Å². The lowest BCUT2D eigenvalue weighted by atomic mass is 10.0. The van der Waals surface area contributed by atoms with Gasteiger partial charge in [0.15, 0.2) is 0 Å².